The summed E-state index contributed by atoms with van der Waals surface area (Å²) in [6.45, 7) is 2.83. The zero-order chi connectivity index (χ0) is 14.5. The first-order valence-electron chi connectivity index (χ1n) is 7.01. The first-order chi connectivity index (χ1) is 9.61. The topological polar surface area (TPSA) is 80.0 Å². The van der Waals surface area contributed by atoms with Crippen molar-refractivity contribution in [3.8, 4) is 0 Å². The molecule has 1 saturated carbocycles. The predicted octanol–water partition coefficient (Wildman–Crippen LogP) is 2.06. The number of hydrogen-bond donors (Lipinski definition) is 3. The molecule has 0 bridgehead atoms. The van der Waals surface area contributed by atoms with Crippen molar-refractivity contribution in [1.82, 2.24) is 10.3 Å². The molecular weight excluding hydrogens is 259 g/mol. The Morgan fingerprint density at radius 1 is 1.55 bits per heavy atom. The average Bonchev–Trinajstić information content (AvgIpc) is 2.45. The second-order valence-corrected chi connectivity index (χ2v) is 5.51. The molecule has 2 atom stereocenters. The summed E-state index contributed by atoms with van der Waals surface area (Å²) in [7, 11) is 0. The van der Waals surface area contributed by atoms with Gasteiger partial charge < -0.3 is 10.7 Å². The molecule has 1 aliphatic carbocycles. The molecule has 1 aliphatic rings. The highest BCUT2D eigenvalue weighted by Crippen LogP contribution is 2.28. The molecule has 0 spiro atoms. The van der Waals surface area contributed by atoms with Crippen LogP contribution < -0.4 is 16.6 Å². The zero-order valence-electron chi connectivity index (χ0n) is 11.7. The number of nitrogens with one attached hydrogen (secondary N) is 2. The SMILES string of the molecule is CC1CCCC(CNC(=O)c2ccnc(NN)c2F)C1. The maximum Gasteiger partial charge on any atom is 0.254 e. The lowest BCUT2D eigenvalue weighted by atomic mass is 9.82. The van der Waals surface area contributed by atoms with Gasteiger partial charge in [0.15, 0.2) is 11.6 Å². The van der Waals surface area contributed by atoms with Gasteiger partial charge in [0, 0.05) is 12.7 Å². The molecule has 1 amide bonds. The number of pyridine rings is 1. The minimum Gasteiger partial charge on any atom is -0.352 e. The number of nitrogen functional groups attached to an aromatic ring is 1. The number of hydrazine groups is 1. The van der Waals surface area contributed by atoms with Gasteiger partial charge in [0.25, 0.3) is 5.91 Å². The van der Waals surface area contributed by atoms with Crippen molar-refractivity contribution in [2.24, 2.45) is 17.7 Å². The van der Waals surface area contributed by atoms with Crippen molar-refractivity contribution >= 4 is 11.7 Å². The molecular formula is C14H21FN4O. The third-order valence-electron chi connectivity index (χ3n) is 3.87. The molecule has 0 radical (unpaired) electrons. The third-order valence-corrected chi connectivity index (χ3v) is 3.87. The van der Waals surface area contributed by atoms with Crippen LogP contribution in [0.5, 0.6) is 0 Å². The Morgan fingerprint density at radius 3 is 3.05 bits per heavy atom. The fourth-order valence-electron chi connectivity index (χ4n) is 2.80. The molecule has 1 aromatic rings. The number of carbonyl (C=O) groups excluding carboxylic acids is 1. The molecule has 6 heteroatoms. The van der Waals surface area contributed by atoms with Crippen LogP contribution in [0.1, 0.15) is 43.0 Å². The molecule has 0 saturated heterocycles. The van der Waals surface area contributed by atoms with E-state index in [4.69, 9.17) is 5.84 Å². The van der Waals surface area contributed by atoms with E-state index in [1.165, 1.54) is 25.1 Å². The van der Waals surface area contributed by atoms with Crippen LogP contribution in [0.3, 0.4) is 0 Å². The summed E-state index contributed by atoms with van der Waals surface area (Å²) in [6.07, 6.45) is 6.06. The zero-order valence-corrected chi connectivity index (χ0v) is 11.7. The minimum atomic E-state index is -0.718. The second kappa shape index (κ2) is 6.65. The van der Waals surface area contributed by atoms with Gasteiger partial charge in [-0.1, -0.05) is 19.8 Å². The first-order valence-corrected chi connectivity index (χ1v) is 7.01. The molecule has 4 N–H and O–H groups in total. The van der Waals surface area contributed by atoms with Gasteiger partial charge in [-0.3, -0.25) is 4.79 Å². The molecule has 110 valence electrons. The second-order valence-electron chi connectivity index (χ2n) is 5.51. The van der Waals surface area contributed by atoms with Crippen molar-refractivity contribution in [1.29, 1.82) is 0 Å². The van der Waals surface area contributed by atoms with Crippen LogP contribution in [0, 0.1) is 17.7 Å². The largest absolute Gasteiger partial charge is 0.352 e. The van der Waals surface area contributed by atoms with E-state index in [9.17, 15) is 9.18 Å². The Balaban J connectivity index is 1.95. The van der Waals surface area contributed by atoms with E-state index in [0.717, 1.165) is 12.8 Å². The van der Waals surface area contributed by atoms with Gasteiger partial charge in [-0.05, 0) is 30.7 Å². The normalized spacial score (nSPS) is 22.4. The smallest absolute Gasteiger partial charge is 0.254 e. The van der Waals surface area contributed by atoms with Gasteiger partial charge in [0.05, 0.1) is 5.56 Å². The molecule has 0 aromatic carbocycles. The standard InChI is InChI=1S/C14H21FN4O/c1-9-3-2-4-10(7-9)8-18-14(20)11-5-6-17-13(19-16)12(11)15/h5-6,9-10H,2-4,7-8,16H2,1H3,(H,17,19)(H,18,20). The highest BCUT2D eigenvalue weighted by Gasteiger charge is 2.21. The monoisotopic (exact) mass is 280 g/mol. The number of halogens is 1. The highest BCUT2D eigenvalue weighted by molar-refractivity contribution is 5.95. The van der Waals surface area contributed by atoms with Gasteiger partial charge in [-0.2, -0.15) is 0 Å². The van der Waals surface area contributed by atoms with E-state index in [2.05, 4.69) is 22.7 Å². The molecule has 1 aromatic heterocycles. The van der Waals surface area contributed by atoms with Crippen molar-refractivity contribution in [3.05, 3.63) is 23.6 Å². The number of hydrogen-bond acceptors (Lipinski definition) is 4. The predicted molar refractivity (Wildman–Crippen MR) is 75.5 cm³/mol. The lowest BCUT2D eigenvalue weighted by Gasteiger charge is -2.26. The fraction of sp³-hybridized carbons (Fsp3) is 0.571. The summed E-state index contributed by atoms with van der Waals surface area (Å²) in [4.78, 5) is 15.7. The molecule has 5 nitrogen and oxygen atoms in total. The minimum absolute atomic E-state index is 0.0307. The first kappa shape index (κ1) is 14.7. The van der Waals surface area contributed by atoms with Gasteiger partial charge in [-0.25, -0.2) is 15.2 Å². The number of nitrogens with two attached hydrogens (primary N) is 1. The number of amides is 1. The fourth-order valence-corrected chi connectivity index (χ4v) is 2.80. The molecule has 0 aliphatic heterocycles. The highest BCUT2D eigenvalue weighted by atomic mass is 19.1. The number of nitrogens with zero attached hydrogens (tertiary/aromatic N) is 1. The molecule has 20 heavy (non-hydrogen) atoms. The third kappa shape index (κ3) is 3.45. The van der Waals surface area contributed by atoms with Gasteiger partial charge >= 0.3 is 0 Å². The van der Waals surface area contributed by atoms with Crippen LogP contribution >= 0.6 is 0 Å². The summed E-state index contributed by atoms with van der Waals surface area (Å²) in [5, 5.41) is 2.81. The van der Waals surface area contributed by atoms with Crippen molar-refractivity contribution in [3.63, 3.8) is 0 Å². The summed E-state index contributed by atoms with van der Waals surface area (Å²) in [5.41, 5.74) is 2.10. The van der Waals surface area contributed by atoms with E-state index in [-0.39, 0.29) is 11.4 Å². The van der Waals surface area contributed by atoms with Crippen molar-refractivity contribution in [2.75, 3.05) is 12.0 Å². The van der Waals surface area contributed by atoms with E-state index in [1.807, 2.05) is 0 Å². The summed E-state index contributed by atoms with van der Waals surface area (Å²) in [6, 6.07) is 1.36. The molecule has 2 rings (SSSR count). The quantitative estimate of drug-likeness (QED) is 0.582. The average molecular weight is 280 g/mol. The maximum atomic E-state index is 13.9. The lowest BCUT2D eigenvalue weighted by molar-refractivity contribution is 0.0936. The Hall–Kier alpha value is -1.69. The number of rotatable bonds is 4. The lowest BCUT2D eigenvalue weighted by Crippen LogP contribution is -2.32. The molecule has 2 unspecified atom stereocenters. The van der Waals surface area contributed by atoms with Crippen LogP contribution in [-0.4, -0.2) is 17.4 Å². The molecule has 1 heterocycles. The van der Waals surface area contributed by atoms with Crippen LogP contribution in [0.25, 0.3) is 0 Å². The summed E-state index contributed by atoms with van der Waals surface area (Å²) >= 11 is 0. The van der Waals surface area contributed by atoms with Crippen LogP contribution in [0.15, 0.2) is 12.3 Å². The van der Waals surface area contributed by atoms with Gasteiger partial charge in [0.1, 0.15) is 0 Å². The Morgan fingerprint density at radius 2 is 2.35 bits per heavy atom. The Kier molecular flexibility index (Phi) is 4.89. The number of carbonyl (C=O) groups is 1. The Labute approximate surface area is 118 Å². The Bertz CT molecular complexity index is 480. The molecule has 1 fully saturated rings. The van der Waals surface area contributed by atoms with Gasteiger partial charge in [0.2, 0.25) is 0 Å². The maximum absolute atomic E-state index is 13.9. The summed E-state index contributed by atoms with van der Waals surface area (Å²) < 4.78 is 13.9. The summed E-state index contributed by atoms with van der Waals surface area (Å²) in [5.74, 6) is 5.08. The van der Waals surface area contributed by atoms with Crippen LogP contribution in [0.4, 0.5) is 10.2 Å². The van der Waals surface area contributed by atoms with E-state index >= 15 is 0 Å². The number of aromatic nitrogens is 1. The van der Waals surface area contributed by atoms with Crippen LogP contribution in [0.2, 0.25) is 0 Å². The van der Waals surface area contributed by atoms with Crippen molar-refractivity contribution in [2.45, 2.75) is 32.6 Å². The van der Waals surface area contributed by atoms with Crippen molar-refractivity contribution < 1.29 is 9.18 Å². The van der Waals surface area contributed by atoms with Gasteiger partial charge in [-0.15, -0.1) is 0 Å². The number of anilines is 1. The van der Waals surface area contributed by atoms with Crippen LogP contribution in [-0.2, 0) is 0 Å². The van der Waals surface area contributed by atoms with E-state index in [0.29, 0.717) is 18.4 Å². The van der Waals surface area contributed by atoms with E-state index in [1.54, 1.807) is 0 Å². The van der Waals surface area contributed by atoms with E-state index < -0.39 is 11.7 Å².